The highest BCUT2D eigenvalue weighted by Gasteiger charge is 2.33. The number of carbonyl (C=O) groups is 1. The molecule has 2 atom stereocenters. The van der Waals surface area contributed by atoms with Crippen LogP contribution in [0.25, 0.3) is 0 Å². The predicted molar refractivity (Wildman–Crippen MR) is 79.2 cm³/mol. The first-order chi connectivity index (χ1) is 8.56. The number of hydrogen-bond acceptors (Lipinski definition) is 3. The Kier molecular flexibility index (Phi) is 5.93. The second-order valence-electron chi connectivity index (χ2n) is 4.35. The van der Waals surface area contributed by atoms with Gasteiger partial charge >= 0.3 is 5.97 Å². The predicted octanol–water partition coefficient (Wildman–Crippen LogP) is 3.86. The third-order valence-corrected chi connectivity index (χ3v) is 4.07. The van der Waals surface area contributed by atoms with E-state index in [-0.39, 0.29) is 30.3 Å². The lowest BCUT2D eigenvalue weighted by Gasteiger charge is -2.29. The van der Waals surface area contributed by atoms with Gasteiger partial charge in [0.05, 0.1) is 22.6 Å². The lowest BCUT2D eigenvalue weighted by molar-refractivity contribution is -0.145. The van der Waals surface area contributed by atoms with Crippen LogP contribution in [0, 0.1) is 0 Å². The summed E-state index contributed by atoms with van der Waals surface area (Å²) in [5, 5.41) is 0.862. The minimum atomic E-state index is -0.356. The smallest absolute Gasteiger partial charge is 0.313 e. The average molecular weight is 325 g/mol. The molecular weight excluding hydrogens is 309 g/mol. The van der Waals surface area contributed by atoms with Crippen molar-refractivity contribution < 1.29 is 9.53 Å². The minimum absolute atomic E-state index is 0. The molecule has 106 valence electrons. The van der Waals surface area contributed by atoms with E-state index in [1.165, 1.54) is 0 Å². The van der Waals surface area contributed by atoms with E-state index in [4.69, 9.17) is 33.7 Å². The Labute approximate surface area is 128 Å². The van der Waals surface area contributed by atoms with E-state index >= 15 is 0 Å². The summed E-state index contributed by atoms with van der Waals surface area (Å²) in [4.78, 5) is 12.0. The number of nitrogens with two attached hydrogens (primary N) is 1. The number of esters is 1. The summed E-state index contributed by atoms with van der Waals surface area (Å²) in [6, 6.07) is 3.47. The van der Waals surface area contributed by atoms with Crippen molar-refractivity contribution >= 4 is 41.6 Å². The van der Waals surface area contributed by atoms with E-state index in [9.17, 15) is 4.79 Å². The fourth-order valence-corrected chi connectivity index (χ4v) is 2.85. The zero-order chi connectivity index (χ0) is 13.3. The van der Waals surface area contributed by atoms with Gasteiger partial charge in [0.25, 0.3) is 0 Å². The first kappa shape index (κ1) is 16.6. The quantitative estimate of drug-likeness (QED) is 0.841. The van der Waals surface area contributed by atoms with Gasteiger partial charge in [0.1, 0.15) is 0 Å². The SMILES string of the molecule is CCOC(=O)[C@@H]1CC[C@@H](N)c2ccc(Cl)c(Cl)c21.Cl. The molecule has 1 aromatic carbocycles. The first-order valence-electron chi connectivity index (χ1n) is 5.96. The van der Waals surface area contributed by atoms with Crippen molar-refractivity contribution in [2.24, 2.45) is 5.73 Å². The van der Waals surface area contributed by atoms with Gasteiger partial charge in [-0.2, -0.15) is 0 Å². The van der Waals surface area contributed by atoms with Gasteiger partial charge < -0.3 is 10.5 Å². The average Bonchev–Trinajstić information content (AvgIpc) is 2.34. The topological polar surface area (TPSA) is 52.3 Å². The van der Waals surface area contributed by atoms with Crippen LogP contribution in [-0.2, 0) is 9.53 Å². The van der Waals surface area contributed by atoms with E-state index in [1.54, 1.807) is 13.0 Å². The Morgan fingerprint density at radius 2 is 2.11 bits per heavy atom. The molecule has 1 aliphatic rings. The molecule has 1 aromatic rings. The normalized spacial score (nSPS) is 21.3. The Hall–Kier alpha value is -0.480. The van der Waals surface area contributed by atoms with Crippen molar-refractivity contribution in [2.75, 3.05) is 6.61 Å². The van der Waals surface area contributed by atoms with Crippen molar-refractivity contribution in [3.8, 4) is 0 Å². The molecule has 2 N–H and O–H groups in total. The number of fused-ring (bicyclic) bond motifs is 1. The Balaban J connectivity index is 0.00000180. The van der Waals surface area contributed by atoms with Crippen LogP contribution in [0.3, 0.4) is 0 Å². The number of benzene rings is 1. The third-order valence-electron chi connectivity index (χ3n) is 3.25. The third kappa shape index (κ3) is 3.16. The summed E-state index contributed by atoms with van der Waals surface area (Å²) in [6.07, 6.45) is 1.39. The highest BCUT2D eigenvalue weighted by molar-refractivity contribution is 6.42. The van der Waals surface area contributed by atoms with Crippen molar-refractivity contribution in [2.45, 2.75) is 31.7 Å². The summed E-state index contributed by atoms with van der Waals surface area (Å²) in [7, 11) is 0. The van der Waals surface area contributed by atoms with Gasteiger partial charge in [0, 0.05) is 6.04 Å². The molecule has 0 radical (unpaired) electrons. The zero-order valence-electron chi connectivity index (χ0n) is 10.5. The second kappa shape index (κ2) is 6.80. The van der Waals surface area contributed by atoms with Gasteiger partial charge in [-0.3, -0.25) is 4.79 Å². The van der Waals surface area contributed by atoms with Gasteiger partial charge in [0.15, 0.2) is 0 Å². The molecule has 0 aliphatic heterocycles. The number of rotatable bonds is 2. The standard InChI is InChI=1S/C13H15Cl2NO2.ClH/c1-2-18-13(17)8-4-6-10(16)7-3-5-9(14)12(15)11(7)8;/h3,5,8,10H,2,4,6,16H2,1H3;1H/t8-,10-;/m1./s1. The van der Waals surface area contributed by atoms with Gasteiger partial charge in [-0.15, -0.1) is 12.4 Å². The van der Waals surface area contributed by atoms with Crippen molar-refractivity contribution in [3.63, 3.8) is 0 Å². The first-order valence-corrected chi connectivity index (χ1v) is 6.71. The highest BCUT2D eigenvalue weighted by Crippen LogP contribution is 2.43. The fourth-order valence-electron chi connectivity index (χ4n) is 2.38. The largest absolute Gasteiger partial charge is 0.466 e. The molecule has 19 heavy (non-hydrogen) atoms. The van der Waals surface area contributed by atoms with Crippen LogP contribution >= 0.6 is 35.6 Å². The van der Waals surface area contributed by atoms with E-state index in [1.807, 2.05) is 6.07 Å². The molecule has 0 unspecified atom stereocenters. The summed E-state index contributed by atoms with van der Waals surface area (Å²) in [5.41, 5.74) is 7.68. The molecular formula is C13H16Cl3NO2. The van der Waals surface area contributed by atoms with Gasteiger partial charge in [-0.1, -0.05) is 29.3 Å². The molecule has 0 aromatic heterocycles. The number of ether oxygens (including phenoxy) is 1. The summed E-state index contributed by atoms with van der Waals surface area (Å²) in [6.45, 7) is 2.14. The van der Waals surface area contributed by atoms with Crippen molar-refractivity contribution in [1.29, 1.82) is 0 Å². The number of hydrogen-bond donors (Lipinski definition) is 1. The summed E-state index contributed by atoms with van der Waals surface area (Å²) < 4.78 is 5.09. The van der Waals surface area contributed by atoms with Crippen LogP contribution in [-0.4, -0.2) is 12.6 Å². The van der Waals surface area contributed by atoms with Crippen LogP contribution in [0.5, 0.6) is 0 Å². The molecule has 1 aliphatic carbocycles. The Bertz CT molecular complexity index is 479. The van der Waals surface area contributed by atoms with E-state index in [0.29, 0.717) is 23.1 Å². The maximum absolute atomic E-state index is 12.0. The molecule has 0 heterocycles. The molecule has 6 heteroatoms. The fraction of sp³-hybridized carbons (Fsp3) is 0.462. The molecule has 0 saturated heterocycles. The molecule has 3 nitrogen and oxygen atoms in total. The maximum atomic E-state index is 12.0. The van der Waals surface area contributed by atoms with Crippen LogP contribution in [0.4, 0.5) is 0 Å². The maximum Gasteiger partial charge on any atom is 0.313 e. The van der Waals surface area contributed by atoms with Crippen molar-refractivity contribution in [1.82, 2.24) is 0 Å². The van der Waals surface area contributed by atoms with Gasteiger partial charge in [-0.05, 0) is 37.0 Å². The monoisotopic (exact) mass is 323 g/mol. The van der Waals surface area contributed by atoms with Crippen molar-refractivity contribution in [3.05, 3.63) is 33.3 Å². The van der Waals surface area contributed by atoms with E-state index < -0.39 is 0 Å². The molecule has 0 spiro atoms. The lowest BCUT2D eigenvalue weighted by Crippen LogP contribution is -2.26. The van der Waals surface area contributed by atoms with Crippen LogP contribution < -0.4 is 5.73 Å². The van der Waals surface area contributed by atoms with Gasteiger partial charge in [0.2, 0.25) is 0 Å². The zero-order valence-corrected chi connectivity index (χ0v) is 12.8. The number of carbonyl (C=O) groups excluding carboxylic acids is 1. The summed E-state index contributed by atoms with van der Waals surface area (Å²) in [5.74, 6) is -0.610. The molecule has 0 bridgehead atoms. The van der Waals surface area contributed by atoms with Crippen LogP contribution in [0.1, 0.15) is 42.9 Å². The molecule has 0 saturated carbocycles. The Morgan fingerprint density at radius 3 is 2.74 bits per heavy atom. The lowest BCUT2D eigenvalue weighted by atomic mass is 9.80. The second-order valence-corrected chi connectivity index (χ2v) is 5.14. The number of halogens is 3. The molecule has 0 amide bonds. The Morgan fingerprint density at radius 1 is 1.42 bits per heavy atom. The molecule has 0 fully saturated rings. The van der Waals surface area contributed by atoms with E-state index in [0.717, 1.165) is 17.5 Å². The summed E-state index contributed by atoms with van der Waals surface area (Å²) >= 11 is 12.2. The van der Waals surface area contributed by atoms with Crippen LogP contribution in [0.2, 0.25) is 10.0 Å². The van der Waals surface area contributed by atoms with E-state index in [2.05, 4.69) is 0 Å². The molecule has 2 rings (SSSR count). The highest BCUT2D eigenvalue weighted by atomic mass is 35.5. The van der Waals surface area contributed by atoms with Crippen LogP contribution in [0.15, 0.2) is 12.1 Å². The minimum Gasteiger partial charge on any atom is -0.466 e. The van der Waals surface area contributed by atoms with Gasteiger partial charge in [-0.25, -0.2) is 0 Å².